The maximum Gasteiger partial charge on any atom is 0.245 e. The van der Waals surface area contributed by atoms with E-state index in [2.05, 4.69) is 12.2 Å². The van der Waals surface area contributed by atoms with Crippen LogP contribution < -0.4 is 11.1 Å². The number of rotatable bonds is 4. The average Bonchev–Trinajstić information content (AvgIpc) is 2.54. The molecule has 22 heavy (non-hydrogen) atoms. The van der Waals surface area contributed by atoms with Gasteiger partial charge < -0.3 is 20.7 Å². The molecule has 3 unspecified atom stereocenters. The predicted molar refractivity (Wildman–Crippen MR) is 84.1 cm³/mol. The van der Waals surface area contributed by atoms with E-state index in [0.717, 1.165) is 32.2 Å². The van der Waals surface area contributed by atoms with E-state index in [1.807, 2.05) is 4.90 Å². The molecule has 126 valence electrons. The third-order valence-corrected chi connectivity index (χ3v) is 4.89. The van der Waals surface area contributed by atoms with E-state index in [1.165, 1.54) is 6.42 Å². The van der Waals surface area contributed by atoms with Gasteiger partial charge in [0.15, 0.2) is 0 Å². The summed E-state index contributed by atoms with van der Waals surface area (Å²) in [5, 5.41) is 2.80. The van der Waals surface area contributed by atoms with Gasteiger partial charge >= 0.3 is 0 Å². The number of ether oxygens (including phenoxy) is 1. The van der Waals surface area contributed by atoms with Crippen molar-refractivity contribution in [2.45, 2.75) is 64.1 Å². The Labute approximate surface area is 132 Å². The molecule has 2 amide bonds. The Morgan fingerprint density at radius 2 is 1.91 bits per heavy atom. The van der Waals surface area contributed by atoms with Gasteiger partial charge in [0.25, 0.3) is 0 Å². The molecule has 2 fully saturated rings. The van der Waals surface area contributed by atoms with Crippen molar-refractivity contribution in [2.24, 2.45) is 11.7 Å². The molecular weight excluding hydrogens is 282 g/mol. The summed E-state index contributed by atoms with van der Waals surface area (Å²) >= 11 is 0. The van der Waals surface area contributed by atoms with Crippen LogP contribution in [0.2, 0.25) is 0 Å². The molecule has 2 rings (SSSR count). The van der Waals surface area contributed by atoms with Crippen LogP contribution in [0.3, 0.4) is 0 Å². The second-order valence-electron chi connectivity index (χ2n) is 6.58. The first-order valence-electron chi connectivity index (χ1n) is 8.45. The Hall–Kier alpha value is -1.14. The zero-order valence-corrected chi connectivity index (χ0v) is 13.7. The highest BCUT2D eigenvalue weighted by Gasteiger charge is 2.31. The van der Waals surface area contributed by atoms with E-state index in [9.17, 15) is 9.59 Å². The van der Waals surface area contributed by atoms with Gasteiger partial charge in [0.1, 0.15) is 6.04 Å². The normalized spacial score (nSPS) is 26.3. The fraction of sp³-hybridized carbons (Fsp3) is 0.875. The summed E-state index contributed by atoms with van der Waals surface area (Å²) in [6, 6.07) is -0.818. The van der Waals surface area contributed by atoms with Gasteiger partial charge in [-0.2, -0.15) is 0 Å². The van der Waals surface area contributed by atoms with Crippen LogP contribution >= 0.6 is 0 Å². The number of nitrogens with zero attached hydrogens (tertiary/aromatic N) is 1. The van der Waals surface area contributed by atoms with Crippen molar-refractivity contribution in [3.05, 3.63) is 0 Å². The number of hydrogen-bond acceptors (Lipinski definition) is 4. The topological polar surface area (TPSA) is 84.7 Å². The minimum absolute atomic E-state index is 0.000252. The Morgan fingerprint density at radius 1 is 1.23 bits per heavy atom. The zero-order chi connectivity index (χ0) is 16.1. The fourth-order valence-corrected chi connectivity index (χ4v) is 3.33. The van der Waals surface area contributed by atoms with Gasteiger partial charge in [-0.3, -0.25) is 9.59 Å². The summed E-state index contributed by atoms with van der Waals surface area (Å²) in [5.74, 6) is -0.0814. The third kappa shape index (κ3) is 4.20. The van der Waals surface area contributed by atoms with Gasteiger partial charge in [-0.05, 0) is 51.9 Å². The third-order valence-electron chi connectivity index (χ3n) is 4.89. The standard InChI is InChI=1S/C16H29N3O3/c1-11-5-3-4-8-19(11)16(21)12(2)18-15(20)14(17)13-6-9-22-10-7-13/h11-14H,3-10,17H2,1-2H3,(H,18,20). The van der Waals surface area contributed by atoms with E-state index < -0.39 is 12.1 Å². The summed E-state index contributed by atoms with van der Waals surface area (Å²) < 4.78 is 5.29. The lowest BCUT2D eigenvalue weighted by Gasteiger charge is -2.35. The van der Waals surface area contributed by atoms with Crippen LogP contribution in [0.1, 0.15) is 46.0 Å². The maximum absolute atomic E-state index is 12.5. The van der Waals surface area contributed by atoms with E-state index in [1.54, 1.807) is 6.92 Å². The van der Waals surface area contributed by atoms with Gasteiger partial charge in [-0.15, -0.1) is 0 Å². The van der Waals surface area contributed by atoms with Crippen LogP contribution in [0.5, 0.6) is 0 Å². The molecule has 0 bridgehead atoms. The monoisotopic (exact) mass is 311 g/mol. The van der Waals surface area contributed by atoms with Crippen LogP contribution in [0.25, 0.3) is 0 Å². The Morgan fingerprint density at radius 3 is 2.55 bits per heavy atom. The highest BCUT2D eigenvalue weighted by molar-refractivity contribution is 5.89. The second-order valence-corrected chi connectivity index (χ2v) is 6.58. The molecule has 3 N–H and O–H groups in total. The predicted octanol–water partition coefficient (Wildman–Crippen LogP) is 0.646. The van der Waals surface area contributed by atoms with E-state index >= 15 is 0 Å². The van der Waals surface area contributed by atoms with Gasteiger partial charge in [-0.1, -0.05) is 0 Å². The first-order valence-corrected chi connectivity index (χ1v) is 8.45. The van der Waals surface area contributed by atoms with Crippen molar-refractivity contribution < 1.29 is 14.3 Å². The maximum atomic E-state index is 12.5. The summed E-state index contributed by atoms with van der Waals surface area (Å²) in [4.78, 5) is 26.7. The summed E-state index contributed by atoms with van der Waals surface area (Å²) in [7, 11) is 0. The van der Waals surface area contributed by atoms with Gasteiger partial charge in [-0.25, -0.2) is 0 Å². The molecule has 2 heterocycles. The van der Waals surface area contributed by atoms with Crippen molar-refractivity contribution in [1.82, 2.24) is 10.2 Å². The molecule has 0 aromatic heterocycles. The molecular formula is C16H29N3O3. The highest BCUT2D eigenvalue weighted by atomic mass is 16.5. The molecule has 0 saturated carbocycles. The first-order chi connectivity index (χ1) is 10.5. The zero-order valence-electron chi connectivity index (χ0n) is 13.7. The number of amides is 2. The highest BCUT2D eigenvalue weighted by Crippen LogP contribution is 2.19. The number of nitrogens with two attached hydrogens (primary N) is 1. The fourth-order valence-electron chi connectivity index (χ4n) is 3.33. The lowest BCUT2D eigenvalue weighted by molar-refractivity contribution is -0.139. The Bertz CT molecular complexity index is 396. The second kappa shape index (κ2) is 7.92. The van der Waals surface area contributed by atoms with Crippen molar-refractivity contribution in [3.63, 3.8) is 0 Å². The van der Waals surface area contributed by atoms with Crippen LogP contribution in [-0.2, 0) is 14.3 Å². The van der Waals surface area contributed by atoms with E-state index in [-0.39, 0.29) is 23.8 Å². The van der Waals surface area contributed by atoms with Crippen molar-refractivity contribution in [3.8, 4) is 0 Å². The summed E-state index contributed by atoms with van der Waals surface area (Å²) in [6.45, 7) is 5.92. The molecule has 0 aromatic carbocycles. The molecule has 2 saturated heterocycles. The van der Waals surface area contributed by atoms with Gasteiger partial charge in [0, 0.05) is 25.8 Å². The smallest absolute Gasteiger partial charge is 0.245 e. The van der Waals surface area contributed by atoms with Gasteiger partial charge in [0.2, 0.25) is 11.8 Å². The molecule has 0 aliphatic carbocycles. The number of piperidine rings is 1. The van der Waals surface area contributed by atoms with Crippen LogP contribution in [0, 0.1) is 5.92 Å². The van der Waals surface area contributed by atoms with Crippen LogP contribution in [-0.4, -0.2) is 54.6 Å². The first kappa shape index (κ1) is 17.2. The lowest BCUT2D eigenvalue weighted by Crippen LogP contribution is -2.55. The average molecular weight is 311 g/mol. The van der Waals surface area contributed by atoms with E-state index in [0.29, 0.717) is 13.2 Å². The molecule has 2 aliphatic rings. The number of hydrogen-bond donors (Lipinski definition) is 2. The molecule has 2 aliphatic heterocycles. The molecule has 3 atom stereocenters. The number of likely N-dealkylation sites (tertiary alicyclic amines) is 1. The van der Waals surface area contributed by atoms with Crippen molar-refractivity contribution in [2.75, 3.05) is 19.8 Å². The van der Waals surface area contributed by atoms with Crippen LogP contribution in [0.15, 0.2) is 0 Å². The minimum Gasteiger partial charge on any atom is -0.381 e. The molecule has 6 heteroatoms. The Kier molecular flexibility index (Phi) is 6.20. The molecule has 0 radical (unpaired) electrons. The lowest BCUT2D eigenvalue weighted by atomic mass is 9.91. The van der Waals surface area contributed by atoms with Crippen molar-refractivity contribution >= 4 is 11.8 Å². The van der Waals surface area contributed by atoms with Crippen molar-refractivity contribution in [1.29, 1.82) is 0 Å². The Balaban J connectivity index is 1.85. The van der Waals surface area contributed by atoms with Crippen LogP contribution in [0.4, 0.5) is 0 Å². The molecule has 0 aromatic rings. The minimum atomic E-state index is -0.557. The number of carbonyl (C=O) groups is 2. The molecule has 0 spiro atoms. The van der Waals surface area contributed by atoms with E-state index in [4.69, 9.17) is 10.5 Å². The summed E-state index contributed by atoms with van der Waals surface area (Å²) in [6.07, 6.45) is 4.85. The summed E-state index contributed by atoms with van der Waals surface area (Å²) in [5.41, 5.74) is 6.05. The largest absolute Gasteiger partial charge is 0.381 e. The number of carbonyl (C=O) groups excluding carboxylic acids is 2. The quantitative estimate of drug-likeness (QED) is 0.798. The number of nitrogens with one attached hydrogen (secondary N) is 1. The SMILES string of the molecule is CC(NC(=O)C(N)C1CCOCC1)C(=O)N1CCCCC1C. The van der Waals surface area contributed by atoms with Gasteiger partial charge in [0.05, 0.1) is 6.04 Å². The molecule has 6 nitrogen and oxygen atoms in total.